The van der Waals surface area contributed by atoms with E-state index in [9.17, 15) is 0 Å². The molecule has 1 aliphatic carbocycles. The lowest BCUT2D eigenvalue weighted by atomic mass is 10.1. The molecule has 2 fully saturated rings. The van der Waals surface area contributed by atoms with Gasteiger partial charge in [0.15, 0.2) is 5.65 Å². The fourth-order valence-electron chi connectivity index (χ4n) is 4.19. The third kappa shape index (κ3) is 3.40. The van der Waals surface area contributed by atoms with Gasteiger partial charge in [-0.2, -0.15) is 0 Å². The number of piperazine rings is 1. The summed E-state index contributed by atoms with van der Waals surface area (Å²) in [4.78, 5) is 7.33. The molecule has 1 N–H and O–H groups in total. The Morgan fingerprint density at radius 2 is 1.83 bits per heavy atom. The van der Waals surface area contributed by atoms with Crippen LogP contribution in [0.3, 0.4) is 0 Å². The molecule has 0 bridgehead atoms. The van der Waals surface area contributed by atoms with E-state index in [-0.39, 0.29) is 0 Å². The van der Waals surface area contributed by atoms with Crippen molar-refractivity contribution in [3.05, 3.63) is 41.6 Å². The van der Waals surface area contributed by atoms with Gasteiger partial charge in [0, 0.05) is 32.4 Å². The third-order valence-corrected chi connectivity index (χ3v) is 5.86. The van der Waals surface area contributed by atoms with Crippen molar-refractivity contribution in [1.82, 2.24) is 20.1 Å². The standard InChI is InChI=1S/C22H27N5O2/c1-28-17-7-3-15(4-8-17)14-27-21-19(22(25-27)29-2)20(26-11-9-23-10-12-26)18(13-24-21)16-5-6-16/h3-4,7-8,13,16,23H,5-6,9-12,14H2,1-2H3. The van der Waals surface area contributed by atoms with Crippen LogP contribution in [0.4, 0.5) is 5.69 Å². The quantitative estimate of drug-likeness (QED) is 0.695. The highest BCUT2D eigenvalue weighted by Gasteiger charge is 2.32. The molecule has 7 heteroatoms. The molecule has 0 unspecified atom stereocenters. The molecule has 1 saturated heterocycles. The number of aromatic nitrogens is 3. The summed E-state index contributed by atoms with van der Waals surface area (Å²) in [5, 5.41) is 9.28. The highest BCUT2D eigenvalue weighted by Crippen LogP contribution is 2.48. The molecule has 2 aromatic heterocycles. The molecule has 1 aromatic carbocycles. The van der Waals surface area contributed by atoms with Gasteiger partial charge in [-0.25, -0.2) is 9.67 Å². The van der Waals surface area contributed by atoms with E-state index in [1.54, 1.807) is 14.2 Å². The summed E-state index contributed by atoms with van der Waals surface area (Å²) < 4.78 is 13.0. The zero-order chi connectivity index (χ0) is 19.8. The first-order valence-electron chi connectivity index (χ1n) is 10.3. The highest BCUT2D eigenvalue weighted by molar-refractivity contribution is 5.96. The van der Waals surface area contributed by atoms with Crippen LogP contribution in [0, 0.1) is 0 Å². The van der Waals surface area contributed by atoms with Crippen LogP contribution in [0.2, 0.25) is 0 Å². The van der Waals surface area contributed by atoms with Crippen LogP contribution < -0.4 is 19.7 Å². The fraction of sp³-hybridized carbons (Fsp3) is 0.455. The number of ether oxygens (including phenoxy) is 2. The predicted octanol–water partition coefficient (Wildman–Crippen LogP) is 2.78. The Morgan fingerprint density at radius 1 is 1.07 bits per heavy atom. The zero-order valence-electron chi connectivity index (χ0n) is 17.0. The molecule has 3 heterocycles. The van der Waals surface area contributed by atoms with Crippen LogP contribution in [0.5, 0.6) is 11.6 Å². The highest BCUT2D eigenvalue weighted by atomic mass is 16.5. The second-order valence-corrected chi connectivity index (χ2v) is 7.79. The number of nitrogens with zero attached hydrogens (tertiary/aromatic N) is 4. The average molecular weight is 393 g/mol. The van der Waals surface area contributed by atoms with Crippen LogP contribution in [0.1, 0.15) is 29.9 Å². The molecule has 7 nitrogen and oxygen atoms in total. The number of anilines is 1. The number of fused-ring (bicyclic) bond motifs is 1. The van der Waals surface area contributed by atoms with Gasteiger partial charge >= 0.3 is 0 Å². The van der Waals surface area contributed by atoms with E-state index in [0.29, 0.717) is 18.3 Å². The van der Waals surface area contributed by atoms with E-state index in [4.69, 9.17) is 19.6 Å². The Hall–Kier alpha value is -2.80. The van der Waals surface area contributed by atoms with Gasteiger partial charge in [-0.05, 0) is 42.0 Å². The minimum absolute atomic E-state index is 0.617. The lowest BCUT2D eigenvalue weighted by Crippen LogP contribution is -2.44. The van der Waals surface area contributed by atoms with Gasteiger partial charge in [0.05, 0.1) is 26.5 Å². The molecule has 0 atom stereocenters. The average Bonchev–Trinajstić information content (AvgIpc) is 3.57. The topological polar surface area (TPSA) is 64.4 Å². The maximum absolute atomic E-state index is 5.73. The van der Waals surface area contributed by atoms with Crippen molar-refractivity contribution in [3.8, 4) is 11.6 Å². The van der Waals surface area contributed by atoms with E-state index in [1.165, 1.54) is 24.1 Å². The van der Waals surface area contributed by atoms with Gasteiger partial charge in [0.25, 0.3) is 0 Å². The van der Waals surface area contributed by atoms with Crippen LogP contribution in [-0.4, -0.2) is 55.2 Å². The number of hydrogen-bond donors (Lipinski definition) is 1. The number of methoxy groups -OCH3 is 2. The maximum atomic E-state index is 5.73. The molecule has 1 aliphatic heterocycles. The Balaban J connectivity index is 1.61. The molecule has 1 saturated carbocycles. The largest absolute Gasteiger partial charge is 0.497 e. The lowest BCUT2D eigenvalue weighted by Gasteiger charge is -2.31. The Bertz CT molecular complexity index is 1000. The van der Waals surface area contributed by atoms with Crippen molar-refractivity contribution in [2.75, 3.05) is 45.3 Å². The van der Waals surface area contributed by atoms with Crippen LogP contribution in [0.25, 0.3) is 11.0 Å². The summed E-state index contributed by atoms with van der Waals surface area (Å²) in [6.45, 7) is 4.62. The van der Waals surface area contributed by atoms with Gasteiger partial charge in [0.2, 0.25) is 5.88 Å². The summed E-state index contributed by atoms with van der Waals surface area (Å²) in [5.74, 6) is 2.13. The fourth-order valence-corrected chi connectivity index (χ4v) is 4.19. The van der Waals surface area contributed by atoms with Gasteiger partial charge in [0.1, 0.15) is 11.1 Å². The first-order valence-corrected chi connectivity index (χ1v) is 10.3. The molecule has 5 rings (SSSR count). The summed E-state index contributed by atoms with van der Waals surface area (Å²) in [5.41, 5.74) is 4.66. The van der Waals surface area contributed by atoms with E-state index in [2.05, 4.69) is 28.5 Å². The normalized spacial score (nSPS) is 17.0. The van der Waals surface area contributed by atoms with Crippen molar-refractivity contribution >= 4 is 16.7 Å². The maximum Gasteiger partial charge on any atom is 0.244 e. The molecule has 152 valence electrons. The first-order chi connectivity index (χ1) is 14.3. The van der Waals surface area contributed by atoms with Crippen molar-refractivity contribution < 1.29 is 9.47 Å². The number of hydrogen-bond acceptors (Lipinski definition) is 6. The first kappa shape index (κ1) is 18.2. The Morgan fingerprint density at radius 3 is 2.48 bits per heavy atom. The van der Waals surface area contributed by atoms with Crippen molar-refractivity contribution in [2.45, 2.75) is 25.3 Å². The molecule has 0 spiro atoms. The van der Waals surface area contributed by atoms with Gasteiger partial charge in [-0.1, -0.05) is 12.1 Å². The van der Waals surface area contributed by atoms with E-state index < -0.39 is 0 Å². The number of benzene rings is 1. The predicted molar refractivity (Wildman–Crippen MR) is 113 cm³/mol. The Kier molecular flexibility index (Phi) is 4.75. The summed E-state index contributed by atoms with van der Waals surface area (Å²) >= 11 is 0. The minimum Gasteiger partial charge on any atom is -0.497 e. The monoisotopic (exact) mass is 393 g/mol. The molecular formula is C22H27N5O2. The molecule has 0 amide bonds. The van der Waals surface area contributed by atoms with E-state index >= 15 is 0 Å². The van der Waals surface area contributed by atoms with Crippen molar-refractivity contribution in [1.29, 1.82) is 0 Å². The van der Waals surface area contributed by atoms with E-state index in [0.717, 1.165) is 48.5 Å². The summed E-state index contributed by atoms with van der Waals surface area (Å²) in [7, 11) is 3.38. The van der Waals surface area contributed by atoms with Crippen molar-refractivity contribution in [2.24, 2.45) is 0 Å². The van der Waals surface area contributed by atoms with Crippen LogP contribution in [-0.2, 0) is 6.54 Å². The minimum atomic E-state index is 0.617. The molecular weight excluding hydrogens is 366 g/mol. The van der Waals surface area contributed by atoms with Gasteiger partial charge in [-0.15, -0.1) is 5.10 Å². The SMILES string of the molecule is COc1ccc(Cn2nc(OC)c3c(N4CCNCC4)c(C4CC4)cnc32)cc1. The lowest BCUT2D eigenvalue weighted by molar-refractivity contribution is 0.394. The van der Waals surface area contributed by atoms with Gasteiger partial charge in [-0.3, -0.25) is 0 Å². The summed E-state index contributed by atoms with van der Waals surface area (Å²) in [6, 6.07) is 8.08. The smallest absolute Gasteiger partial charge is 0.244 e. The number of rotatable bonds is 6. The summed E-state index contributed by atoms with van der Waals surface area (Å²) in [6.07, 6.45) is 4.56. The molecule has 29 heavy (non-hydrogen) atoms. The van der Waals surface area contributed by atoms with Crippen molar-refractivity contribution in [3.63, 3.8) is 0 Å². The number of pyridine rings is 1. The second-order valence-electron chi connectivity index (χ2n) is 7.79. The third-order valence-electron chi connectivity index (χ3n) is 5.86. The van der Waals surface area contributed by atoms with Crippen LogP contribution in [0.15, 0.2) is 30.5 Å². The van der Waals surface area contributed by atoms with Gasteiger partial charge < -0.3 is 19.7 Å². The second kappa shape index (κ2) is 7.55. The van der Waals surface area contributed by atoms with E-state index in [1.807, 2.05) is 16.8 Å². The molecule has 0 radical (unpaired) electrons. The number of nitrogens with one attached hydrogen (secondary N) is 1. The molecule has 3 aromatic rings. The molecule has 2 aliphatic rings. The Labute approximate surface area is 170 Å². The van der Waals surface area contributed by atoms with Crippen LogP contribution >= 0.6 is 0 Å². The zero-order valence-corrected chi connectivity index (χ0v) is 17.0.